The van der Waals surface area contributed by atoms with E-state index in [0.29, 0.717) is 37.0 Å². The number of sulfonamides is 2. The fraction of sp³-hybridized carbons (Fsp3) is 0.559. The van der Waals surface area contributed by atoms with Crippen LogP contribution in [0.25, 0.3) is 21.5 Å². The Kier molecular flexibility index (Phi) is 11.0. The van der Waals surface area contributed by atoms with Gasteiger partial charge in [0.05, 0.1) is 15.5 Å². The Balaban J connectivity index is 1.66. The van der Waals surface area contributed by atoms with E-state index >= 15 is 0 Å². The molecule has 5 atom stereocenters. The smallest absolute Gasteiger partial charge is 0.321 e. The summed E-state index contributed by atoms with van der Waals surface area (Å²) in [6.07, 6.45) is 1.84. The predicted molar refractivity (Wildman–Crippen MR) is 189 cm³/mol. The number of nitroso groups, excluding NO2 is 1. The van der Waals surface area contributed by atoms with Gasteiger partial charge < -0.3 is 5.11 Å². The van der Waals surface area contributed by atoms with Crippen LogP contribution in [0.15, 0.2) is 51.4 Å². The molecule has 2 fully saturated rings. The van der Waals surface area contributed by atoms with Gasteiger partial charge in [-0.15, -0.1) is 4.91 Å². The van der Waals surface area contributed by atoms with Gasteiger partial charge in [0.1, 0.15) is 18.5 Å². The Morgan fingerprint density at radius 1 is 0.816 bits per heavy atom. The summed E-state index contributed by atoms with van der Waals surface area (Å²) in [5.41, 5.74) is 3.08. The van der Waals surface area contributed by atoms with E-state index in [1.165, 1.54) is 45.0 Å². The van der Waals surface area contributed by atoms with E-state index in [2.05, 4.69) is 16.0 Å². The molecule has 2 aliphatic heterocycles. The van der Waals surface area contributed by atoms with E-state index in [9.17, 15) is 31.6 Å². The first-order valence-corrected chi connectivity index (χ1v) is 19.6. The summed E-state index contributed by atoms with van der Waals surface area (Å²) in [5, 5.41) is 16.9. The molecule has 0 saturated carbocycles. The van der Waals surface area contributed by atoms with Crippen molar-refractivity contribution in [2.75, 3.05) is 38.4 Å². The molecule has 0 spiro atoms. The van der Waals surface area contributed by atoms with Crippen LogP contribution in [0.2, 0.25) is 0 Å². The number of rotatable bonds is 12. The third-order valence-corrected chi connectivity index (χ3v) is 13.2. The van der Waals surface area contributed by atoms with Gasteiger partial charge in [0.25, 0.3) is 0 Å². The van der Waals surface area contributed by atoms with Crippen LogP contribution in [0.3, 0.4) is 0 Å². The Labute approximate surface area is 288 Å². The molecular weight excluding hydrogens is 671 g/mol. The van der Waals surface area contributed by atoms with Crippen LogP contribution in [-0.2, 0) is 29.7 Å². The first-order chi connectivity index (χ1) is 23.0. The maximum atomic E-state index is 14.0. The minimum Gasteiger partial charge on any atom is -0.480 e. The van der Waals surface area contributed by atoms with Gasteiger partial charge in [-0.2, -0.15) is 8.61 Å². The molecule has 0 unspecified atom stereocenters. The molecule has 5 rings (SSSR count). The van der Waals surface area contributed by atoms with E-state index in [1.54, 1.807) is 13.8 Å². The molecule has 0 aromatic heterocycles. The molecule has 2 aliphatic rings. The highest BCUT2D eigenvalue weighted by Crippen LogP contribution is 2.44. The molecule has 0 bridgehead atoms. The van der Waals surface area contributed by atoms with Crippen molar-refractivity contribution in [3.63, 3.8) is 0 Å². The number of anilines is 1. The maximum Gasteiger partial charge on any atom is 0.321 e. The Morgan fingerprint density at radius 2 is 1.24 bits per heavy atom. The molecule has 3 aromatic carbocycles. The number of hydrogen-bond donors (Lipinski definition) is 3. The van der Waals surface area contributed by atoms with Crippen LogP contribution in [-0.4, -0.2) is 75.5 Å². The van der Waals surface area contributed by atoms with E-state index in [1.807, 2.05) is 27.7 Å². The van der Waals surface area contributed by atoms with Gasteiger partial charge in [-0.05, 0) is 71.9 Å². The fourth-order valence-electron chi connectivity index (χ4n) is 7.44. The van der Waals surface area contributed by atoms with Crippen molar-refractivity contribution >= 4 is 58.9 Å². The molecule has 15 heteroatoms. The van der Waals surface area contributed by atoms with Gasteiger partial charge >= 0.3 is 5.97 Å². The minimum atomic E-state index is -3.95. The van der Waals surface area contributed by atoms with E-state index in [4.69, 9.17) is 4.84 Å². The van der Waals surface area contributed by atoms with Crippen LogP contribution in [0.1, 0.15) is 54.4 Å². The highest BCUT2D eigenvalue weighted by molar-refractivity contribution is 7.89. The second kappa shape index (κ2) is 14.6. The minimum absolute atomic E-state index is 0.00416. The summed E-state index contributed by atoms with van der Waals surface area (Å²) in [6, 6.07) is 7.95. The SMILES string of the molecule is CC(C)[C@H](NCONc1c2cc(S(=O)(=O)N3C[C@H](C)C[C@H](C)C3)ccc2c(N=O)c2ccc(S(=O)(=O)N3C[C@H](C)C[C@H](C)C3)cc12)C(=O)O. The molecule has 0 amide bonds. The topological polar surface area (TPSA) is 175 Å². The predicted octanol–water partition coefficient (Wildman–Crippen LogP) is 5.72. The van der Waals surface area contributed by atoms with Gasteiger partial charge in [-0.25, -0.2) is 16.8 Å². The Bertz CT molecular complexity index is 1820. The number of nitrogens with one attached hydrogen (secondary N) is 2. The monoisotopic (exact) mass is 717 g/mol. The van der Waals surface area contributed by atoms with E-state index < -0.39 is 32.1 Å². The van der Waals surface area contributed by atoms with Gasteiger partial charge in [-0.1, -0.05) is 53.7 Å². The van der Waals surface area contributed by atoms with Crippen LogP contribution in [0, 0.1) is 34.5 Å². The quantitative estimate of drug-likeness (QED) is 0.0691. The van der Waals surface area contributed by atoms with Gasteiger partial charge in [0.2, 0.25) is 20.0 Å². The molecule has 0 aliphatic carbocycles. The summed E-state index contributed by atoms with van der Waals surface area (Å²) < 4.78 is 58.8. The number of aliphatic carboxylic acids is 1. The van der Waals surface area contributed by atoms with Crippen molar-refractivity contribution in [3.05, 3.63) is 41.3 Å². The molecule has 49 heavy (non-hydrogen) atoms. The van der Waals surface area contributed by atoms with Gasteiger partial charge in [0, 0.05) is 47.7 Å². The van der Waals surface area contributed by atoms with Crippen molar-refractivity contribution in [2.24, 2.45) is 34.8 Å². The number of carbonyl (C=O) groups is 1. The second-order valence-electron chi connectivity index (χ2n) is 14.4. The van der Waals surface area contributed by atoms with Crippen molar-refractivity contribution in [1.29, 1.82) is 0 Å². The van der Waals surface area contributed by atoms with E-state index in [0.717, 1.165) is 12.8 Å². The largest absolute Gasteiger partial charge is 0.480 e. The zero-order valence-electron chi connectivity index (χ0n) is 28.8. The summed E-state index contributed by atoms with van der Waals surface area (Å²) in [6.45, 7) is 12.8. The van der Waals surface area contributed by atoms with Crippen LogP contribution in [0.5, 0.6) is 0 Å². The van der Waals surface area contributed by atoms with Crippen LogP contribution < -0.4 is 10.8 Å². The molecular formula is C34H47N5O8S2. The maximum absolute atomic E-state index is 14.0. The molecule has 13 nitrogen and oxygen atoms in total. The van der Waals surface area contributed by atoms with Crippen LogP contribution >= 0.6 is 0 Å². The molecule has 2 saturated heterocycles. The Hall–Kier alpha value is -3.21. The highest BCUT2D eigenvalue weighted by atomic mass is 32.2. The molecule has 0 radical (unpaired) electrons. The van der Waals surface area contributed by atoms with Crippen LogP contribution in [0.4, 0.5) is 11.4 Å². The van der Waals surface area contributed by atoms with Crippen molar-refractivity contribution in [3.8, 4) is 0 Å². The summed E-state index contributed by atoms with van der Waals surface area (Å²) in [5.74, 6) is -0.584. The lowest BCUT2D eigenvalue weighted by Gasteiger charge is -2.34. The third kappa shape index (κ3) is 7.61. The fourth-order valence-corrected chi connectivity index (χ4v) is 10.9. The highest BCUT2D eigenvalue weighted by Gasteiger charge is 2.34. The van der Waals surface area contributed by atoms with Gasteiger partial charge in [-0.3, -0.25) is 20.4 Å². The molecule has 3 N–H and O–H groups in total. The first-order valence-electron chi connectivity index (χ1n) is 16.8. The zero-order chi connectivity index (χ0) is 35.8. The number of hydrogen-bond acceptors (Lipinski definition) is 10. The number of benzene rings is 3. The Morgan fingerprint density at radius 3 is 1.61 bits per heavy atom. The average molecular weight is 718 g/mol. The number of nitrogens with zero attached hydrogens (tertiary/aromatic N) is 3. The lowest BCUT2D eigenvalue weighted by Crippen LogP contribution is -2.42. The number of carboxylic acid groups (broad SMARTS) is 1. The molecule has 2 heterocycles. The van der Waals surface area contributed by atoms with Crippen molar-refractivity contribution in [2.45, 2.75) is 70.2 Å². The lowest BCUT2D eigenvalue weighted by molar-refractivity contribution is -0.141. The molecule has 268 valence electrons. The van der Waals surface area contributed by atoms with Crippen molar-refractivity contribution in [1.82, 2.24) is 13.9 Å². The summed E-state index contributed by atoms with van der Waals surface area (Å²) in [4.78, 5) is 29.9. The van der Waals surface area contributed by atoms with Gasteiger partial charge in [0.15, 0.2) is 0 Å². The number of fused-ring (bicyclic) bond motifs is 2. The average Bonchev–Trinajstić information content (AvgIpc) is 3.02. The summed E-state index contributed by atoms with van der Waals surface area (Å²) >= 11 is 0. The number of carboxylic acids is 1. The van der Waals surface area contributed by atoms with Crippen molar-refractivity contribution < 1.29 is 31.6 Å². The third-order valence-electron chi connectivity index (χ3n) is 9.55. The lowest BCUT2D eigenvalue weighted by atomic mass is 9.94. The molecule has 3 aromatic rings. The second-order valence-corrected chi connectivity index (χ2v) is 18.3. The number of piperidine rings is 2. The standard InChI is InChI=1S/C34H47N5O8S2/c1-20(2)31(34(40)41)35-19-47-37-33-29-13-25(48(43,44)38-15-21(3)11-22(4)16-38)7-9-27(29)32(36-42)28-10-8-26(14-30(28)33)49(45,46)39-17-23(5)12-24(6)18-39/h7-10,13-14,20-24,31,35,37H,11-12,15-19H2,1-6H3,(H,40,41)/t21-,22+,23-,24+,31-/m0/s1. The zero-order valence-corrected chi connectivity index (χ0v) is 30.5. The first kappa shape index (κ1) is 37.1. The normalized spacial score (nSPS) is 23.6. The van der Waals surface area contributed by atoms with E-state index in [-0.39, 0.29) is 68.3 Å². The summed E-state index contributed by atoms with van der Waals surface area (Å²) in [7, 11) is -7.89.